The summed E-state index contributed by atoms with van der Waals surface area (Å²) in [6.45, 7) is 5.96. The SMILES string of the molecule is Cc1cc(C)nc(SCCNCc2ccoc2)c1. The molecule has 0 unspecified atom stereocenters. The average molecular weight is 262 g/mol. The van der Waals surface area contributed by atoms with Crippen LogP contribution in [-0.4, -0.2) is 17.3 Å². The molecule has 0 atom stereocenters. The van der Waals surface area contributed by atoms with Gasteiger partial charge in [0.25, 0.3) is 0 Å². The molecule has 2 aromatic heterocycles. The first kappa shape index (κ1) is 13.2. The van der Waals surface area contributed by atoms with E-state index in [4.69, 9.17) is 4.42 Å². The lowest BCUT2D eigenvalue weighted by molar-refractivity contribution is 0.561. The first-order chi connectivity index (χ1) is 8.74. The smallest absolute Gasteiger partial charge is 0.0966 e. The first-order valence-corrected chi connectivity index (χ1v) is 7.02. The molecule has 0 spiro atoms. The number of thioether (sulfide) groups is 1. The third kappa shape index (κ3) is 4.20. The molecule has 0 saturated carbocycles. The topological polar surface area (TPSA) is 38.1 Å². The fraction of sp³-hybridized carbons (Fsp3) is 0.357. The molecule has 0 aliphatic carbocycles. The van der Waals surface area contributed by atoms with E-state index in [0.717, 1.165) is 29.6 Å². The Labute approximate surface area is 112 Å². The van der Waals surface area contributed by atoms with Gasteiger partial charge >= 0.3 is 0 Å². The zero-order chi connectivity index (χ0) is 12.8. The molecule has 0 saturated heterocycles. The molecule has 2 rings (SSSR count). The maximum Gasteiger partial charge on any atom is 0.0966 e. The van der Waals surface area contributed by atoms with Crippen LogP contribution in [0, 0.1) is 13.8 Å². The molecule has 18 heavy (non-hydrogen) atoms. The van der Waals surface area contributed by atoms with Gasteiger partial charge in [0.1, 0.15) is 0 Å². The van der Waals surface area contributed by atoms with Crippen LogP contribution in [0.4, 0.5) is 0 Å². The minimum absolute atomic E-state index is 0.858. The highest BCUT2D eigenvalue weighted by Crippen LogP contribution is 2.16. The predicted octanol–water partition coefficient (Wildman–Crippen LogP) is 3.17. The normalized spacial score (nSPS) is 10.8. The van der Waals surface area contributed by atoms with Gasteiger partial charge < -0.3 is 9.73 Å². The van der Waals surface area contributed by atoms with Crippen molar-refractivity contribution in [3.05, 3.63) is 47.5 Å². The Morgan fingerprint density at radius 3 is 2.94 bits per heavy atom. The number of rotatable bonds is 6. The van der Waals surface area contributed by atoms with Crippen LogP contribution in [0.3, 0.4) is 0 Å². The van der Waals surface area contributed by atoms with Gasteiger partial charge in [-0.25, -0.2) is 4.98 Å². The number of nitrogens with zero attached hydrogens (tertiary/aromatic N) is 1. The number of hydrogen-bond acceptors (Lipinski definition) is 4. The van der Waals surface area contributed by atoms with E-state index in [-0.39, 0.29) is 0 Å². The zero-order valence-electron chi connectivity index (χ0n) is 10.8. The van der Waals surface area contributed by atoms with Crippen molar-refractivity contribution < 1.29 is 4.42 Å². The van der Waals surface area contributed by atoms with Crippen LogP contribution < -0.4 is 5.32 Å². The third-order valence-electron chi connectivity index (χ3n) is 2.51. The largest absolute Gasteiger partial charge is 0.472 e. The van der Waals surface area contributed by atoms with Crippen LogP contribution in [0.2, 0.25) is 0 Å². The molecular formula is C14H18N2OS. The molecule has 3 nitrogen and oxygen atoms in total. The molecule has 2 heterocycles. The van der Waals surface area contributed by atoms with Crippen LogP contribution in [0.15, 0.2) is 40.2 Å². The summed E-state index contributed by atoms with van der Waals surface area (Å²) >= 11 is 1.79. The maximum absolute atomic E-state index is 5.01. The molecule has 0 amide bonds. The second kappa shape index (κ2) is 6.61. The lowest BCUT2D eigenvalue weighted by Gasteiger charge is -2.05. The van der Waals surface area contributed by atoms with E-state index in [9.17, 15) is 0 Å². The number of pyridine rings is 1. The van der Waals surface area contributed by atoms with E-state index in [1.165, 1.54) is 11.1 Å². The van der Waals surface area contributed by atoms with Crippen molar-refractivity contribution in [1.82, 2.24) is 10.3 Å². The molecule has 0 aromatic carbocycles. The lowest BCUT2D eigenvalue weighted by Crippen LogP contribution is -2.16. The van der Waals surface area contributed by atoms with Gasteiger partial charge in [0.05, 0.1) is 17.6 Å². The summed E-state index contributed by atoms with van der Waals surface area (Å²) in [4.78, 5) is 4.50. The van der Waals surface area contributed by atoms with E-state index in [2.05, 4.69) is 29.4 Å². The van der Waals surface area contributed by atoms with E-state index >= 15 is 0 Å². The average Bonchev–Trinajstić information content (AvgIpc) is 2.80. The van der Waals surface area contributed by atoms with Gasteiger partial charge in [0.15, 0.2) is 0 Å². The number of aromatic nitrogens is 1. The number of aryl methyl sites for hydroxylation is 2. The zero-order valence-corrected chi connectivity index (χ0v) is 11.6. The summed E-state index contributed by atoms with van der Waals surface area (Å²) in [5.41, 5.74) is 3.55. The van der Waals surface area contributed by atoms with Crippen molar-refractivity contribution in [2.24, 2.45) is 0 Å². The van der Waals surface area contributed by atoms with Gasteiger partial charge in [-0.2, -0.15) is 0 Å². The number of nitrogens with one attached hydrogen (secondary N) is 1. The molecule has 0 aliphatic heterocycles. The Morgan fingerprint density at radius 2 is 2.22 bits per heavy atom. The van der Waals surface area contributed by atoms with Gasteiger partial charge in [0.2, 0.25) is 0 Å². The molecule has 0 fully saturated rings. The van der Waals surface area contributed by atoms with E-state index in [1.807, 2.05) is 13.0 Å². The van der Waals surface area contributed by atoms with Crippen LogP contribution in [-0.2, 0) is 6.54 Å². The minimum atomic E-state index is 0.858. The Balaban J connectivity index is 1.68. The predicted molar refractivity (Wildman–Crippen MR) is 74.8 cm³/mol. The van der Waals surface area contributed by atoms with Crippen LogP contribution in [0.5, 0.6) is 0 Å². The van der Waals surface area contributed by atoms with Crippen LogP contribution >= 0.6 is 11.8 Å². The monoisotopic (exact) mass is 262 g/mol. The Hall–Kier alpha value is -1.26. The van der Waals surface area contributed by atoms with Crippen molar-refractivity contribution in [3.63, 3.8) is 0 Å². The van der Waals surface area contributed by atoms with Gasteiger partial charge in [-0.05, 0) is 37.6 Å². The van der Waals surface area contributed by atoms with E-state index in [1.54, 1.807) is 24.3 Å². The molecule has 0 aliphatic rings. The van der Waals surface area contributed by atoms with Crippen LogP contribution in [0.1, 0.15) is 16.8 Å². The fourth-order valence-corrected chi connectivity index (χ4v) is 2.67. The van der Waals surface area contributed by atoms with Crippen molar-refractivity contribution in [3.8, 4) is 0 Å². The third-order valence-corrected chi connectivity index (χ3v) is 3.43. The Morgan fingerprint density at radius 1 is 1.33 bits per heavy atom. The molecule has 0 radical (unpaired) electrons. The van der Waals surface area contributed by atoms with Gasteiger partial charge in [-0.15, -0.1) is 11.8 Å². The van der Waals surface area contributed by atoms with Crippen molar-refractivity contribution >= 4 is 11.8 Å². The maximum atomic E-state index is 5.01. The summed E-state index contributed by atoms with van der Waals surface area (Å²) < 4.78 is 5.01. The highest BCUT2D eigenvalue weighted by atomic mass is 32.2. The second-order valence-corrected chi connectivity index (χ2v) is 5.40. The standard InChI is InChI=1S/C14H18N2OS/c1-11-7-12(2)16-14(8-11)18-6-4-15-9-13-3-5-17-10-13/h3,5,7-8,10,15H,4,6,9H2,1-2H3. The molecular weight excluding hydrogens is 244 g/mol. The molecule has 1 N–H and O–H groups in total. The van der Waals surface area contributed by atoms with Crippen molar-refractivity contribution in [2.75, 3.05) is 12.3 Å². The van der Waals surface area contributed by atoms with E-state index < -0.39 is 0 Å². The van der Waals surface area contributed by atoms with E-state index in [0.29, 0.717) is 0 Å². The summed E-state index contributed by atoms with van der Waals surface area (Å²) in [6, 6.07) is 6.21. The second-order valence-electron chi connectivity index (χ2n) is 4.28. The van der Waals surface area contributed by atoms with Gasteiger partial charge in [-0.1, -0.05) is 0 Å². The highest BCUT2D eigenvalue weighted by molar-refractivity contribution is 7.99. The van der Waals surface area contributed by atoms with Crippen molar-refractivity contribution in [2.45, 2.75) is 25.4 Å². The molecule has 96 valence electrons. The van der Waals surface area contributed by atoms with Crippen LogP contribution in [0.25, 0.3) is 0 Å². The first-order valence-electron chi connectivity index (χ1n) is 6.04. The van der Waals surface area contributed by atoms with Gasteiger partial charge in [-0.3, -0.25) is 0 Å². The lowest BCUT2D eigenvalue weighted by atomic mass is 10.3. The Bertz CT molecular complexity index is 462. The summed E-state index contributed by atoms with van der Waals surface area (Å²) in [6.07, 6.45) is 3.47. The van der Waals surface area contributed by atoms with Crippen molar-refractivity contribution in [1.29, 1.82) is 0 Å². The number of furan rings is 1. The molecule has 2 aromatic rings. The quantitative estimate of drug-likeness (QED) is 0.641. The number of hydrogen-bond donors (Lipinski definition) is 1. The minimum Gasteiger partial charge on any atom is -0.472 e. The summed E-state index contributed by atoms with van der Waals surface area (Å²) in [5, 5.41) is 4.49. The molecule has 0 bridgehead atoms. The summed E-state index contributed by atoms with van der Waals surface area (Å²) in [5.74, 6) is 1.02. The Kier molecular flexibility index (Phi) is 4.84. The fourth-order valence-electron chi connectivity index (χ4n) is 1.73. The molecule has 4 heteroatoms. The summed E-state index contributed by atoms with van der Waals surface area (Å²) in [7, 11) is 0. The highest BCUT2D eigenvalue weighted by Gasteiger charge is 1.99. The van der Waals surface area contributed by atoms with Gasteiger partial charge in [0, 0.05) is 30.1 Å².